The summed E-state index contributed by atoms with van der Waals surface area (Å²) in [6.45, 7) is 4.84. The lowest BCUT2D eigenvalue weighted by atomic mass is 10.0. The van der Waals surface area contributed by atoms with Gasteiger partial charge in [-0.1, -0.05) is 19.9 Å². The van der Waals surface area contributed by atoms with E-state index in [2.05, 4.69) is 20.1 Å². The standard InChI is InChI=1S/C15H24N2O6/c1-9(2)13(16-10(3)18)14(20)17-11(15(21)23-5)7-6-8-12(19)22-4/h6,8-9,11,13H,7H2,1-5H3,(H,16,18)(H,17,20)/b8-6+/t11-,13-/m1/s1. The molecule has 0 heterocycles. The minimum Gasteiger partial charge on any atom is -0.467 e. The third-order valence-corrected chi connectivity index (χ3v) is 2.94. The number of hydrogen-bond donors (Lipinski definition) is 2. The minimum atomic E-state index is -0.969. The molecule has 8 nitrogen and oxygen atoms in total. The Hall–Kier alpha value is -2.38. The SMILES string of the molecule is COC(=O)/C=C/C[C@@H](NC(=O)[C@H](NC(C)=O)C(C)C)C(=O)OC. The molecule has 2 N–H and O–H groups in total. The number of carbonyl (C=O) groups is 4. The molecule has 0 rings (SSSR count). The predicted octanol–water partition coefficient (Wildman–Crippen LogP) is -0.0758. The molecular formula is C15H24N2O6. The van der Waals surface area contributed by atoms with Crippen molar-refractivity contribution < 1.29 is 28.7 Å². The third-order valence-electron chi connectivity index (χ3n) is 2.94. The van der Waals surface area contributed by atoms with Crippen molar-refractivity contribution in [1.29, 1.82) is 0 Å². The molecule has 0 aliphatic carbocycles. The molecule has 0 spiro atoms. The van der Waals surface area contributed by atoms with Crippen LogP contribution in [0.2, 0.25) is 0 Å². The average Bonchev–Trinajstić information content (AvgIpc) is 2.49. The van der Waals surface area contributed by atoms with E-state index in [1.165, 1.54) is 27.2 Å². The highest BCUT2D eigenvalue weighted by Crippen LogP contribution is 2.05. The second-order valence-electron chi connectivity index (χ2n) is 5.17. The number of methoxy groups -OCH3 is 2. The van der Waals surface area contributed by atoms with E-state index in [1.807, 2.05) is 0 Å². The van der Waals surface area contributed by atoms with Gasteiger partial charge in [-0.15, -0.1) is 0 Å². The van der Waals surface area contributed by atoms with E-state index in [4.69, 9.17) is 0 Å². The van der Waals surface area contributed by atoms with Crippen molar-refractivity contribution in [3.05, 3.63) is 12.2 Å². The summed E-state index contributed by atoms with van der Waals surface area (Å²) in [7, 11) is 2.42. The Morgan fingerprint density at radius 2 is 1.65 bits per heavy atom. The average molecular weight is 328 g/mol. The van der Waals surface area contributed by atoms with Crippen LogP contribution in [0.1, 0.15) is 27.2 Å². The number of amides is 2. The van der Waals surface area contributed by atoms with Crippen molar-refractivity contribution in [1.82, 2.24) is 10.6 Å². The lowest BCUT2D eigenvalue weighted by molar-refractivity contribution is -0.145. The van der Waals surface area contributed by atoms with Crippen molar-refractivity contribution in [3.8, 4) is 0 Å². The van der Waals surface area contributed by atoms with Crippen LogP contribution in [-0.2, 0) is 28.7 Å². The van der Waals surface area contributed by atoms with Crippen LogP contribution < -0.4 is 10.6 Å². The smallest absolute Gasteiger partial charge is 0.330 e. The van der Waals surface area contributed by atoms with E-state index in [9.17, 15) is 19.2 Å². The summed E-state index contributed by atoms with van der Waals surface area (Å²) >= 11 is 0. The van der Waals surface area contributed by atoms with E-state index in [-0.39, 0.29) is 18.2 Å². The fraction of sp³-hybridized carbons (Fsp3) is 0.600. The second-order valence-corrected chi connectivity index (χ2v) is 5.17. The number of hydrogen-bond acceptors (Lipinski definition) is 6. The van der Waals surface area contributed by atoms with E-state index in [1.54, 1.807) is 13.8 Å². The van der Waals surface area contributed by atoms with Crippen molar-refractivity contribution in [2.45, 2.75) is 39.3 Å². The minimum absolute atomic E-state index is 0.0540. The van der Waals surface area contributed by atoms with Crippen LogP contribution >= 0.6 is 0 Å². The van der Waals surface area contributed by atoms with Crippen molar-refractivity contribution in [3.63, 3.8) is 0 Å². The Balaban J connectivity index is 4.96. The monoisotopic (exact) mass is 328 g/mol. The summed E-state index contributed by atoms with van der Waals surface area (Å²) in [5, 5.41) is 5.04. The van der Waals surface area contributed by atoms with Crippen molar-refractivity contribution >= 4 is 23.8 Å². The van der Waals surface area contributed by atoms with Crippen LogP contribution in [0.5, 0.6) is 0 Å². The van der Waals surface area contributed by atoms with Gasteiger partial charge in [-0.05, 0) is 12.3 Å². The van der Waals surface area contributed by atoms with Gasteiger partial charge in [0.15, 0.2) is 0 Å². The summed E-state index contributed by atoms with van der Waals surface area (Å²) in [5.41, 5.74) is 0. The van der Waals surface area contributed by atoms with Gasteiger partial charge >= 0.3 is 11.9 Å². The van der Waals surface area contributed by atoms with Gasteiger partial charge in [0.05, 0.1) is 14.2 Å². The molecule has 2 amide bonds. The molecule has 0 unspecified atom stereocenters. The summed E-state index contributed by atoms with van der Waals surface area (Å²) < 4.78 is 9.06. The van der Waals surface area contributed by atoms with E-state index >= 15 is 0 Å². The molecule has 0 aromatic heterocycles. The molecule has 0 radical (unpaired) electrons. The number of esters is 2. The first-order chi connectivity index (χ1) is 10.7. The van der Waals surface area contributed by atoms with Crippen molar-refractivity contribution in [2.24, 2.45) is 5.92 Å². The first kappa shape index (κ1) is 20.6. The highest BCUT2D eigenvalue weighted by molar-refractivity contribution is 5.90. The maximum Gasteiger partial charge on any atom is 0.330 e. The van der Waals surface area contributed by atoms with E-state index < -0.39 is 29.9 Å². The maximum atomic E-state index is 12.3. The Morgan fingerprint density at radius 3 is 2.09 bits per heavy atom. The molecule has 0 aliphatic heterocycles. The number of ether oxygens (including phenoxy) is 2. The van der Waals surface area contributed by atoms with Gasteiger partial charge in [0, 0.05) is 13.0 Å². The molecule has 130 valence electrons. The van der Waals surface area contributed by atoms with Crippen LogP contribution in [0.3, 0.4) is 0 Å². The topological polar surface area (TPSA) is 111 Å². The lowest BCUT2D eigenvalue weighted by Gasteiger charge is -2.23. The number of carbonyl (C=O) groups excluding carboxylic acids is 4. The molecule has 0 aliphatic rings. The summed E-state index contributed by atoms with van der Waals surface area (Å²) in [4.78, 5) is 46.2. The molecule has 0 aromatic rings. The summed E-state index contributed by atoms with van der Waals surface area (Å²) in [5.74, 6) is -2.24. The Labute approximate surface area is 135 Å². The van der Waals surface area contributed by atoms with Gasteiger partial charge in [0.1, 0.15) is 12.1 Å². The number of nitrogens with one attached hydrogen (secondary N) is 2. The first-order valence-corrected chi connectivity index (χ1v) is 7.12. The van der Waals surface area contributed by atoms with Crippen LogP contribution in [-0.4, -0.2) is 50.1 Å². The van der Waals surface area contributed by atoms with Crippen LogP contribution in [0, 0.1) is 5.92 Å². The molecule has 2 atom stereocenters. The molecule has 23 heavy (non-hydrogen) atoms. The van der Waals surface area contributed by atoms with Gasteiger partial charge in [-0.2, -0.15) is 0 Å². The Bertz CT molecular complexity index is 473. The molecule has 0 saturated heterocycles. The zero-order valence-corrected chi connectivity index (χ0v) is 14.0. The van der Waals surface area contributed by atoms with Crippen LogP contribution in [0.4, 0.5) is 0 Å². The Kier molecular flexibility index (Phi) is 9.29. The molecular weight excluding hydrogens is 304 g/mol. The summed E-state index contributed by atoms with van der Waals surface area (Å²) in [6, 6.07) is -1.74. The molecule has 0 aromatic carbocycles. The zero-order valence-electron chi connectivity index (χ0n) is 14.0. The first-order valence-electron chi connectivity index (χ1n) is 7.12. The van der Waals surface area contributed by atoms with Gasteiger partial charge in [0.2, 0.25) is 11.8 Å². The van der Waals surface area contributed by atoms with Gasteiger partial charge in [-0.3, -0.25) is 9.59 Å². The van der Waals surface area contributed by atoms with Gasteiger partial charge in [-0.25, -0.2) is 9.59 Å². The third kappa shape index (κ3) is 7.98. The molecule has 8 heteroatoms. The maximum absolute atomic E-state index is 12.3. The quantitative estimate of drug-likeness (QED) is 0.476. The highest BCUT2D eigenvalue weighted by Gasteiger charge is 2.27. The molecule has 0 fully saturated rings. The largest absolute Gasteiger partial charge is 0.467 e. The van der Waals surface area contributed by atoms with Gasteiger partial charge < -0.3 is 20.1 Å². The normalized spacial score (nSPS) is 13.3. The second kappa shape index (κ2) is 10.4. The summed E-state index contributed by atoms with van der Waals surface area (Å²) in [6.07, 6.45) is 2.60. The molecule has 0 saturated carbocycles. The van der Waals surface area contributed by atoms with Crippen LogP contribution in [0.15, 0.2) is 12.2 Å². The van der Waals surface area contributed by atoms with E-state index in [0.717, 1.165) is 6.08 Å². The number of rotatable bonds is 8. The molecule has 0 bridgehead atoms. The van der Waals surface area contributed by atoms with Crippen LogP contribution in [0.25, 0.3) is 0 Å². The van der Waals surface area contributed by atoms with Gasteiger partial charge in [0.25, 0.3) is 0 Å². The predicted molar refractivity (Wildman–Crippen MR) is 82.2 cm³/mol. The van der Waals surface area contributed by atoms with Crippen molar-refractivity contribution in [2.75, 3.05) is 14.2 Å². The lowest BCUT2D eigenvalue weighted by Crippen LogP contribution is -2.53. The zero-order chi connectivity index (χ0) is 18.0. The fourth-order valence-corrected chi connectivity index (χ4v) is 1.74. The fourth-order valence-electron chi connectivity index (χ4n) is 1.74. The highest BCUT2D eigenvalue weighted by atomic mass is 16.5. The Morgan fingerprint density at radius 1 is 1.04 bits per heavy atom. The van der Waals surface area contributed by atoms with E-state index in [0.29, 0.717) is 0 Å².